The first kappa shape index (κ1) is 20.0. The number of alkyl halides is 3. The minimum atomic E-state index is -4.61. The predicted molar refractivity (Wildman–Crippen MR) is 100 cm³/mol. The minimum absolute atomic E-state index is 0.121. The van der Waals surface area contributed by atoms with Crippen molar-refractivity contribution in [1.29, 1.82) is 0 Å². The lowest BCUT2D eigenvalue weighted by molar-refractivity contribution is -0.139. The highest BCUT2D eigenvalue weighted by molar-refractivity contribution is 9.10. The molecule has 2 N–H and O–H groups in total. The third-order valence-corrected chi connectivity index (χ3v) is 4.86. The molecule has 146 valence electrons. The molecule has 27 heavy (non-hydrogen) atoms. The molecular weight excluding hydrogens is 451 g/mol. The van der Waals surface area contributed by atoms with E-state index in [2.05, 4.69) is 20.9 Å². The van der Waals surface area contributed by atoms with Crippen LogP contribution in [0.5, 0.6) is 5.75 Å². The molecule has 1 aliphatic rings. The molecule has 1 aromatic carbocycles. The maximum absolute atomic E-state index is 13.4. The smallest absolute Gasteiger partial charge is 0.420 e. The van der Waals surface area contributed by atoms with Crippen LogP contribution < -0.4 is 15.4 Å². The van der Waals surface area contributed by atoms with E-state index in [0.29, 0.717) is 31.9 Å². The van der Waals surface area contributed by atoms with E-state index in [1.165, 1.54) is 6.07 Å². The molecule has 0 bridgehead atoms. The Kier molecular flexibility index (Phi) is 6.02. The lowest BCUT2D eigenvalue weighted by atomic mass is 10.1. The number of nitrogens with zero attached hydrogens (tertiary/aromatic N) is 2. The number of morpholine rings is 1. The fourth-order valence-corrected chi connectivity index (χ4v) is 3.51. The van der Waals surface area contributed by atoms with Gasteiger partial charge < -0.3 is 20.1 Å². The highest BCUT2D eigenvalue weighted by Gasteiger charge is 2.36. The van der Waals surface area contributed by atoms with Crippen LogP contribution in [-0.2, 0) is 17.5 Å². The molecule has 0 spiro atoms. The van der Waals surface area contributed by atoms with Crippen molar-refractivity contribution in [1.82, 2.24) is 4.98 Å². The van der Waals surface area contributed by atoms with Gasteiger partial charge in [0.15, 0.2) is 5.75 Å². The van der Waals surface area contributed by atoms with Crippen LogP contribution in [0.3, 0.4) is 0 Å². The SMILES string of the molecule is Nc1cc(Br)cc(C(F)(F)F)c1OCc1c(N2CCOCC2)ccnc1Cl. The van der Waals surface area contributed by atoms with Gasteiger partial charge >= 0.3 is 6.18 Å². The van der Waals surface area contributed by atoms with Crippen molar-refractivity contribution in [2.45, 2.75) is 12.8 Å². The molecule has 0 saturated carbocycles. The Morgan fingerprint density at radius 1 is 1.30 bits per heavy atom. The molecule has 1 saturated heterocycles. The van der Waals surface area contributed by atoms with Gasteiger partial charge in [-0.15, -0.1) is 0 Å². The van der Waals surface area contributed by atoms with Gasteiger partial charge in [-0.05, 0) is 18.2 Å². The molecule has 5 nitrogen and oxygen atoms in total. The van der Waals surface area contributed by atoms with Crippen LogP contribution in [0, 0.1) is 0 Å². The molecular formula is C17H16BrClF3N3O2. The van der Waals surface area contributed by atoms with Gasteiger partial charge in [-0.3, -0.25) is 0 Å². The van der Waals surface area contributed by atoms with E-state index in [-0.39, 0.29) is 21.9 Å². The Morgan fingerprint density at radius 3 is 2.67 bits per heavy atom. The number of hydrogen-bond acceptors (Lipinski definition) is 5. The van der Waals surface area contributed by atoms with Crippen LogP contribution >= 0.6 is 27.5 Å². The monoisotopic (exact) mass is 465 g/mol. The van der Waals surface area contributed by atoms with Gasteiger partial charge in [0.05, 0.1) is 24.5 Å². The molecule has 0 amide bonds. The summed E-state index contributed by atoms with van der Waals surface area (Å²) in [7, 11) is 0. The number of hydrogen-bond donors (Lipinski definition) is 1. The number of nitrogens with two attached hydrogens (primary N) is 1. The molecule has 1 aromatic heterocycles. The Morgan fingerprint density at radius 2 is 2.00 bits per heavy atom. The minimum Gasteiger partial charge on any atom is -0.486 e. The van der Waals surface area contributed by atoms with Crippen LogP contribution in [0.25, 0.3) is 0 Å². The standard InChI is InChI=1S/C17H16BrClF3N3O2/c18-10-7-12(17(20,21)22)15(13(23)8-10)27-9-11-14(1-2-24-16(11)19)25-3-5-26-6-4-25/h1-2,7-8H,3-6,9,23H2. The van der Waals surface area contributed by atoms with E-state index < -0.39 is 17.5 Å². The molecule has 0 radical (unpaired) electrons. The summed E-state index contributed by atoms with van der Waals surface area (Å²) in [5.74, 6) is -0.432. The molecule has 0 unspecified atom stereocenters. The topological polar surface area (TPSA) is 60.6 Å². The Hall–Kier alpha value is -1.71. The fourth-order valence-electron chi connectivity index (χ4n) is 2.82. The fraction of sp³-hybridized carbons (Fsp3) is 0.353. The van der Waals surface area contributed by atoms with Crippen LogP contribution in [0.1, 0.15) is 11.1 Å². The van der Waals surface area contributed by atoms with E-state index >= 15 is 0 Å². The van der Waals surface area contributed by atoms with Crippen molar-refractivity contribution in [3.63, 3.8) is 0 Å². The molecule has 1 fully saturated rings. The lowest BCUT2D eigenvalue weighted by Gasteiger charge is -2.30. The van der Waals surface area contributed by atoms with Crippen molar-refractivity contribution < 1.29 is 22.6 Å². The van der Waals surface area contributed by atoms with Gasteiger partial charge in [-0.1, -0.05) is 27.5 Å². The molecule has 0 aliphatic carbocycles. The van der Waals surface area contributed by atoms with E-state index in [9.17, 15) is 13.2 Å². The zero-order valence-corrected chi connectivity index (χ0v) is 16.4. The number of benzene rings is 1. The lowest BCUT2D eigenvalue weighted by Crippen LogP contribution is -2.37. The zero-order chi connectivity index (χ0) is 19.6. The van der Waals surface area contributed by atoms with E-state index in [1.807, 2.05) is 4.90 Å². The summed E-state index contributed by atoms with van der Waals surface area (Å²) in [6.07, 6.45) is -3.06. The molecule has 3 rings (SSSR count). The highest BCUT2D eigenvalue weighted by atomic mass is 79.9. The quantitative estimate of drug-likeness (QED) is 0.531. The average molecular weight is 467 g/mol. The van der Waals surface area contributed by atoms with Gasteiger partial charge in [0.25, 0.3) is 0 Å². The summed E-state index contributed by atoms with van der Waals surface area (Å²) in [4.78, 5) is 6.05. The van der Waals surface area contributed by atoms with Gasteiger partial charge in [-0.25, -0.2) is 4.98 Å². The third-order valence-electron chi connectivity index (χ3n) is 4.08. The maximum atomic E-state index is 13.4. The van der Waals surface area contributed by atoms with Crippen LogP contribution in [0.15, 0.2) is 28.9 Å². The van der Waals surface area contributed by atoms with Gasteiger partial charge in [0, 0.05) is 29.4 Å². The molecule has 2 heterocycles. The van der Waals surface area contributed by atoms with E-state index in [4.69, 9.17) is 26.8 Å². The number of anilines is 2. The number of rotatable bonds is 4. The summed E-state index contributed by atoms with van der Waals surface area (Å²) in [5.41, 5.74) is 5.94. The Balaban J connectivity index is 1.92. The first-order valence-electron chi connectivity index (χ1n) is 8.02. The van der Waals surface area contributed by atoms with Crippen LogP contribution in [0.2, 0.25) is 5.15 Å². The number of pyridine rings is 1. The van der Waals surface area contributed by atoms with Crippen LogP contribution in [-0.4, -0.2) is 31.3 Å². The predicted octanol–water partition coefficient (Wildman–Crippen LogP) is 4.51. The van der Waals surface area contributed by atoms with Gasteiger partial charge in [-0.2, -0.15) is 13.2 Å². The van der Waals surface area contributed by atoms with Crippen molar-refractivity contribution in [2.75, 3.05) is 36.9 Å². The molecule has 2 aromatic rings. The van der Waals surface area contributed by atoms with Crippen molar-refractivity contribution in [2.24, 2.45) is 0 Å². The average Bonchev–Trinajstić information content (AvgIpc) is 2.61. The molecule has 0 atom stereocenters. The van der Waals surface area contributed by atoms with Crippen molar-refractivity contribution in [3.8, 4) is 5.75 Å². The second-order valence-corrected chi connectivity index (χ2v) is 7.13. The van der Waals surface area contributed by atoms with Gasteiger partial charge in [0.2, 0.25) is 0 Å². The van der Waals surface area contributed by atoms with E-state index in [0.717, 1.165) is 11.8 Å². The number of nitrogen functional groups attached to an aromatic ring is 1. The normalized spacial score (nSPS) is 15.1. The largest absolute Gasteiger partial charge is 0.486 e. The van der Waals surface area contributed by atoms with Crippen LogP contribution in [0.4, 0.5) is 24.5 Å². The van der Waals surface area contributed by atoms with Crippen molar-refractivity contribution in [3.05, 3.63) is 45.1 Å². The number of aromatic nitrogens is 1. The summed E-state index contributed by atoms with van der Waals surface area (Å²) in [6.45, 7) is 2.19. The van der Waals surface area contributed by atoms with Gasteiger partial charge in [0.1, 0.15) is 17.3 Å². The first-order chi connectivity index (χ1) is 12.8. The van der Waals surface area contributed by atoms with Crippen molar-refractivity contribution >= 4 is 38.9 Å². The van der Waals surface area contributed by atoms with E-state index in [1.54, 1.807) is 12.3 Å². The Labute approximate surface area is 167 Å². The maximum Gasteiger partial charge on any atom is 0.420 e. The molecule has 1 aliphatic heterocycles. The summed E-state index contributed by atoms with van der Waals surface area (Å²) in [6, 6.07) is 4.04. The third kappa shape index (κ3) is 4.59. The number of halogens is 5. The molecule has 10 heteroatoms. The summed E-state index contributed by atoms with van der Waals surface area (Å²) < 4.78 is 51.1. The second kappa shape index (κ2) is 8.12. The highest BCUT2D eigenvalue weighted by Crippen LogP contribution is 2.42. The zero-order valence-electron chi connectivity index (χ0n) is 14.0. The summed E-state index contributed by atoms with van der Waals surface area (Å²) in [5, 5.41) is 0.170. The second-order valence-electron chi connectivity index (χ2n) is 5.86. The number of ether oxygens (including phenoxy) is 2. The first-order valence-corrected chi connectivity index (χ1v) is 9.19. The Bertz CT molecular complexity index is 830. The summed E-state index contributed by atoms with van der Waals surface area (Å²) >= 11 is 9.23.